The van der Waals surface area contributed by atoms with E-state index in [-0.39, 0.29) is 18.0 Å². The van der Waals surface area contributed by atoms with Crippen molar-refractivity contribution in [3.63, 3.8) is 0 Å². The highest BCUT2D eigenvalue weighted by Crippen LogP contribution is 2.50. The zero-order valence-corrected chi connectivity index (χ0v) is 7.29. The summed E-state index contributed by atoms with van der Waals surface area (Å²) in [7, 11) is 0. The number of epoxide rings is 1. The lowest BCUT2D eigenvalue weighted by molar-refractivity contribution is 0.116. The van der Waals surface area contributed by atoms with Crippen molar-refractivity contribution in [2.24, 2.45) is 0 Å². The maximum absolute atomic E-state index is 9.77. The molecule has 2 aliphatic rings. The Balaban J connectivity index is 2.19. The van der Waals surface area contributed by atoms with Crippen LogP contribution < -0.4 is 0 Å². The van der Waals surface area contributed by atoms with Gasteiger partial charge in [-0.3, -0.25) is 0 Å². The number of aliphatic hydroxyl groups is 2. The summed E-state index contributed by atoms with van der Waals surface area (Å²) in [5.74, 6) is 0.0167. The van der Waals surface area contributed by atoms with Gasteiger partial charge in [-0.2, -0.15) is 0 Å². The average Bonchev–Trinajstić information content (AvgIpc) is 2.93. The van der Waals surface area contributed by atoms with E-state index < -0.39 is 12.2 Å². The van der Waals surface area contributed by atoms with E-state index in [9.17, 15) is 15.3 Å². The molecule has 0 unspecified atom stereocenters. The lowest BCUT2D eigenvalue weighted by Gasteiger charge is -2.22. The third-order valence-corrected chi connectivity index (χ3v) is 2.92. The molecule has 1 aromatic carbocycles. The van der Waals surface area contributed by atoms with Crippen LogP contribution in [0.25, 0.3) is 0 Å². The lowest BCUT2D eigenvalue weighted by atomic mass is 9.87. The van der Waals surface area contributed by atoms with Gasteiger partial charge < -0.3 is 20.1 Å². The van der Waals surface area contributed by atoms with Crippen LogP contribution in [-0.2, 0) is 4.74 Å². The van der Waals surface area contributed by atoms with Gasteiger partial charge in [-0.05, 0) is 11.6 Å². The van der Waals surface area contributed by atoms with Crippen LogP contribution in [0.5, 0.6) is 5.75 Å². The van der Waals surface area contributed by atoms with Crippen LogP contribution in [0.1, 0.15) is 23.3 Å². The van der Waals surface area contributed by atoms with Crippen LogP contribution in [0.4, 0.5) is 0 Å². The summed E-state index contributed by atoms with van der Waals surface area (Å²) in [6, 6.07) is 4.84. The van der Waals surface area contributed by atoms with Gasteiger partial charge in [-0.15, -0.1) is 0 Å². The maximum Gasteiger partial charge on any atom is 0.121 e. The maximum atomic E-state index is 9.77. The monoisotopic (exact) mass is 194 g/mol. The fraction of sp³-hybridized carbons (Fsp3) is 0.400. The van der Waals surface area contributed by atoms with E-state index in [1.165, 1.54) is 6.07 Å². The minimum absolute atomic E-state index is 0.0167. The van der Waals surface area contributed by atoms with Crippen molar-refractivity contribution < 1.29 is 20.1 Å². The molecule has 1 aromatic rings. The van der Waals surface area contributed by atoms with Gasteiger partial charge in [-0.25, -0.2) is 0 Å². The Morgan fingerprint density at radius 3 is 2.57 bits per heavy atom. The molecule has 1 aliphatic heterocycles. The van der Waals surface area contributed by atoms with Crippen molar-refractivity contribution in [2.45, 2.75) is 24.4 Å². The highest BCUT2D eigenvalue weighted by Gasteiger charge is 2.55. The molecule has 4 heteroatoms. The minimum atomic E-state index is -0.820. The number of fused-ring (bicyclic) bond motifs is 2. The van der Waals surface area contributed by atoms with Gasteiger partial charge in [0.15, 0.2) is 0 Å². The van der Waals surface area contributed by atoms with E-state index in [4.69, 9.17) is 4.74 Å². The van der Waals surface area contributed by atoms with Gasteiger partial charge in [0.1, 0.15) is 30.2 Å². The number of hydrogen-bond donors (Lipinski definition) is 3. The smallest absolute Gasteiger partial charge is 0.121 e. The molecule has 1 heterocycles. The van der Waals surface area contributed by atoms with Gasteiger partial charge >= 0.3 is 0 Å². The Kier molecular flexibility index (Phi) is 1.45. The van der Waals surface area contributed by atoms with E-state index in [0.717, 1.165) is 0 Å². The molecule has 0 bridgehead atoms. The summed E-state index contributed by atoms with van der Waals surface area (Å²) in [5, 5.41) is 29.1. The predicted octanol–water partition coefficient (Wildman–Crippen LogP) is 0.240. The molecule has 0 spiro atoms. The van der Waals surface area contributed by atoms with Crippen LogP contribution in [0.2, 0.25) is 0 Å². The van der Waals surface area contributed by atoms with Gasteiger partial charge in [0.2, 0.25) is 0 Å². The second-order valence-electron chi connectivity index (χ2n) is 3.74. The molecule has 0 amide bonds. The molecule has 1 aliphatic carbocycles. The largest absolute Gasteiger partial charge is 0.508 e. The molecule has 3 rings (SSSR count). The number of aliphatic hydroxyl groups excluding tert-OH is 2. The fourth-order valence-electron chi connectivity index (χ4n) is 2.14. The Morgan fingerprint density at radius 1 is 1.07 bits per heavy atom. The molecule has 1 fully saturated rings. The van der Waals surface area contributed by atoms with E-state index in [1.54, 1.807) is 12.1 Å². The summed E-state index contributed by atoms with van der Waals surface area (Å²) < 4.78 is 5.13. The van der Waals surface area contributed by atoms with E-state index in [2.05, 4.69) is 0 Å². The van der Waals surface area contributed by atoms with Crippen molar-refractivity contribution in [1.29, 1.82) is 0 Å². The Morgan fingerprint density at radius 2 is 1.79 bits per heavy atom. The normalized spacial score (nSPS) is 38.7. The molecule has 0 radical (unpaired) electrons. The third-order valence-electron chi connectivity index (χ3n) is 2.92. The molecular formula is C10H10O4. The van der Waals surface area contributed by atoms with Crippen LogP contribution in [0.15, 0.2) is 18.2 Å². The number of hydrogen-bond acceptors (Lipinski definition) is 4. The second-order valence-corrected chi connectivity index (χ2v) is 3.74. The summed E-state index contributed by atoms with van der Waals surface area (Å²) >= 11 is 0. The van der Waals surface area contributed by atoms with E-state index in [0.29, 0.717) is 11.1 Å². The molecule has 0 saturated carbocycles. The number of ether oxygens (including phenoxy) is 1. The van der Waals surface area contributed by atoms with Gasteiger partial charge in [0.25, 0.3) is 0 Å². The lowest BCUT2D eigenvalue weighted by Crippen LogP contribution is -2.22. The minimum Gasteiger partial charge on any atom is -0.508 e. The number of phenolic OH excluding ortho intramolecular Hbond substituents is 1. The number of aromatic hydroxyl groups is 1. The van der Waals surface area contributed by atoms with Gasteiger partial charge in [0.05, 0.1) is 0 Å². The topological polar surface area (TPSA) is 73.2 Å². The summed E-state index contributed by atoms with van der Waals surface area (Å²) in [6.45, 7) is 0. The molecule has 14 heavy (non-hydrogen) atoms. The first-order chi connectivity index (χ1) is 6.70. The first-order valence-corrected chi connectivity index (χ1v) is 4.53. The highest BCUT2D eigenvalue weighted by molar-refractivity contribution is 5.46. The molecule has 3 N–H and O–H groups in total. The second kappa shape index (κ2) is 2.48. The highest BCUT2D eigenvalue weighted by atomic mass is 16.6. The van der Waals surface area contributed by atoms with Crippen molar-refractivity contribution in [3.8, 4) is 5.75 Å². The SMILES string of the molecule is Oc1cccc2c1[C@H](O)[C@@H]1O[C@@H]1[C@@H]2O. The molecule has 74 valence electrons. The van der Waals surface area contributed by atoms with Crippen molar-refractivity contribution in [3.05, 3.63) is 29.3 Å². The van der Waals surface area contributed by atoms with Crippen LogP contribution in [0, 0.1) is 0 Å². The molecule has 0 aromatic heterocycles. The zero-order valence-electron chi connectivity index (χ0n) is 7.29. The third kappa shape index (κ3) is 0.877. The number of rotatable bonds is 0. The first kappa shape index (κ1) is 8.23. The average molecular weight is 194 g/mol. The standard InChI is InChI=1S/C10H10O4/c11-5-3-1-2-4-6(5)8(13)10-9(14-10)7(4)12/h1-3,7-13H/t7-,8+,9-,10+/m1/s1. The molecule has 1 saturated heterocycles. The quantitative estimate of drug-likeness (QED) is 0.517. The van der Waals surface area contributed by atoms with Crippen molar-refractivity contribution >= 4 is 0 Å². The van der Waals surface area contributed by atoms with Crippen LogP contribution >= 0.6 is 0 Å². The Labute approximate surface area is 80.4 Å². The summed E-state index contributed by atoms with van der Waals surface area (Å²) in [6.07, 6.45) is -2.21. The summed E-state index contributed by atoms with van der Waals surface area (Å²) in [4.78, 5) is 0. The summed E-state index contributed by atoms with van der Waals surface area (Å²) in [5.41, 5.74) is 0.968. The fourth-order valence-corrected chi connectivity index (χ4v) is 2.14. The number of benzene rings is 1. The predicted molar refractivity (Wildman–Crippen MR) is 46.7 cm³/mol. The molecular weight excluding hydrogens is 184 g/mol. The van der Waals surface area contributed by atoms with Crippen molar-refractivity contribution in [1.82, 2.24) is 0 Å². The zero-order chi connectivity index (χ0) is 9.87. The van der Waals surface area contributed by atoms with Crippen molar-refractivity contribution in [2.75, 3.05) is 0 Å². The number of phenols is 1. The van der Waals surface area contributed by atoms with Gasteiger partial charge in [0, 0.05) is 5.56 Å². The van der Waals surface area contributed by atoms with Crippen LogP contribution in [0.3, 0.4) is 0 Å². The van der Waals surface area contributed by atoms with Crippen LogP contribution in [-0.4, -0.2) is 27.5 Å². The Bertz CT molecular complexity index is 390. The molecule has 4 nitrogen and oxygen atoms in total. The van der Waals surface area contributed by atoms with E-state index >= 15 is 0 Å². The molecule has 4 atom stereocenters. The Hall–Kier alpha value is -1.10. The van der Waals surface area contributed by atoms with E-state index in [1.807, 2.05) is 0 Å². The first-order valence-electron chi connectivity index (χ1n) is 4.53. The van der Waals surface area contributed by atoms with Gasteiger partial charge in [-0.1, -0.05) is 12.1 Å².